The van der Waals surface area contributed by atoms with E-state index in [9.17, 15) is 27.9 Å². The van der Waals surface area contributed by atoms with E-state index in [0.29, 0.717) is 18.7 Å². The number of fused-ring (bicyclic) bond motifs is 5. The Labute approximate surface area is 177 Å². The number of amides is 2. The fraction of sp³-hybridized carbons (Fsp3) is 0.455. The van der Waals surface area contributed by atoms with Gasteiger partial charge in [-0.25, -0.2) is 13.2 Å². The predicted molar refractivity (Wildman–Crippen MR) is 104 cm³/mol. The van der Waals surface area contributed by atoms with Gasteiger partial charge in [-0.2, -0.15) is 0 Å². The van der Waals surface area contributed by atoms with Crippen LogP contribution in [-0.4, -0.2) is 44.8 Å². The van der Waals surface area contributed by atoms with Crippen molar-refractivity contribution in [3.63, 3.8) is 0 Å². The van der Waals surface area contributed by atoms with Crippen molar-refractivity contribution in [3.8, 4) is 0 Å². The van der Waals surface area contributed by atoms with Gasteiger partial charge >= 0.3 is 0 Å². The third kappa shape index (κ3) is 3.26. The van der Waals surface area contributed by atoms with E-state index in [1.807, 2.05) is 4.90 Å². The zero-order chi connectivity index (χ0) is 21.9. The molecule has 3 fully saturated rings. The number of carbonyl (C=O) groups excluding carboxylic acids is 2. The number of halogens is 3. The number of nitrogens with zero attached hydrogens (tertiary/aromatic N) is 2. The molecule has 31 heavy (non-hydrogen) atoms. The molecule has 1 atom stereocenters. The van der Waals surface area contributed by atoms with Gasteiger partial charge in [-0.15, -0.1) is 0 Å². The van der Waals surface area contributed by atoms with Gasteiger partial charge in [0.1, 0.15) is 28.9 Å². The molecular weight excluding hydrogens is 411 g/mol. The van der Waals surface area contributed by atoms with Gasteiger partial charge in [0.25, 0.3) is 5.91 Å². The molecule has 2 bridgehead atoms. The molecule has 2 amide bonds. The lowest BCUT2D eigenvalue weighted by Gasteiger charge is -2.45. The number of hydrogen-bond acceptors (Lipinski definition) is 4. The Hall–Kier alpha value is -2.97. The van der Waals surface area contributed by atoms with Gasteiger partial charge < -0.3 is 20.2 Å². The Morgan fingerprint density at radius 2 is 1.90 bits per heavy atom. The number of aliphatic hydroxyl groups is 1. The summed E-state index contributed by atoms with van der Waals surface area (Å²) in [6.45, 7) is 0.0805. The number of piperazine rings is 1. The van der Waals surface area contributed by atoms with E-state index in [-0.39, 0.29) is 40.9 Å². The highest BCUT2D eigenvalue weighted by Crippen LogP contribution is 2.51. The predicted octanol–water partition coefficient (Wildman–Crippen LogP) is 3.01. The lowest BCUT2D eigenvalue weighted by Crippen LogP contribution is -2.56. The molecule has 9 heteroatoms. The van der Waals surface area contributed by atoms with Crippen LogP contribution < -0.4 is 5.32 Å². The summed E-state index contributed by atoms with van der Waals surface area (Å²) in [5.74, 6) is -4.22. The second-order valence-electron chi connectivity index (χ2n) is 8.75. The average Bonchev–Trinajstić information content (AvgIpc) is 3.51. The molecule has 164 valence electrons. The van der Waals surface area contributed by atoms with Gasteiger partial charge in [0.2, 0.25) is 5.91 Å². The lowest BCUT2D eigenvalue weighted by molar-refractivity contribution is -0.136. The summed E-state index contributed by atoms with van der Waals surface area (Å²) >= 11 is 0. The first-order valence-corrected chi connectivity index (χ1v) is 10.4. The first-order chi connectivity index (χ1) is 14.8. The number of aliphatic hydroxyl groups excluding tert-OH is 1. The maximum absolute atomic E-state index is 13.8. The number of allylic oxidation sites excluding steroid dienone is 1. The first-order valence-electron chi connectivity index (χ1n) is 10.4. The number of benzene rings is 1. The van der Waals surface area contributed by atoms with Crippen molar-refractivity contribution in [1.29, 1.82) is 0 Å². The van der Waals surface area contributed by atoms with Crippen molar-refractivity contribution in [2.45, 2.75) is 56.7 Å². The molecule has 2 saturated heterocycles. The van der Waals surface area contributed by atoms with Gasteiger partial charge in [0.15, 0.2) is 0 Å². The monoisotopic (exact) mass is 433 g/mol. The summed E-state index contributed by atoms with van der Waals surface area (Å²) in [6, 6.07) is 1.06. The molecule has 5 rings (SSSR count). The van der Waals surface area contributed by atoms with E-state index in [4.69, 9.17) is 0 Å². The zero-order valence-corrected chi connectivity index (χ0v) is 16.8. The molecule has 4 aliphatic rings. The maximum atomic E-state index is 13.8. The third-order valence-electron chi connectivity index (χ3n) is 6.82. The highest BCUT2D eigenvalue weighted by Gasteiger charge is 2.55. The van der Waals surface area contributed by atoms with E-state index in [2.05, 4.69) is 5.32 Å². The molecule has 1 unspecified atom stereocenters. The smallest absolute Gasteiger partial charge is 0.274 e. The molecule has 6 nitrogen and oxygen atoms in total. The molecule has 2 N–H and O–H groups in total. The summed E-state index contributed by atoms with van der Waals surface area (Å²) in [7, 11) is 0. The SMILES string of the molecule is O=C(NCc1c(F)cc(F)cc1F)C1=CN2C(=C(O)C1)C(=O)N1CC2CCCC12CC2. The van der Waals surface area contributed by atoms with Gasteiger partial charge in [-0.3, -0.25) is 9.59 Å². The molecular formula is C22H22F3N3O3. The van der Waals surface area contributed by atoms with Crippen molar-refractivity contribution in [2.75, 3.05) is 6.54 Å². The standard InChI is InChI=1S/C22H22F3N3O3/c23-13-7-16(24)15(17(25)8-13)9-26-20(30)12-6-18(29)19-21(31)28-11-14(27(19)10-12)2-1-3-22(28)4-5-22/h7-8,10,14,29H,1-6,9,11H2,(H,26,30). The second-order valence-corrected chi connectivity index (χ2v) is 8.75. The third-order valence-corrected chi connectivity index (χ3v) is 6.82. The minimum atomic E-state index is -1.09. The highest BCUT2D eigenvalue weighted by atomic mass is 19.1. The minimum absolute atomic E-state index is 0.0371. The minimum Gasteiger partial charge on any atom is -0.510 e. The molecule has 1 spiro atoms. The Morgan fingerprint density at radius 3 is 2.58 bits per heavy atom. The highest BCUT2D eigenvalue weighted by molar-refractivity contribution is 5.99. The summed E-state index contributed by atoms with van der Waals surface area (Å²) in [5.41, 5.74) is -0.114. The number of hydrogen-bond donors (Lipinski definition) is 2. The Kier molecular flexibility index (Phi) is 4.53. The van der Waals surface area contributed by atoms with Crippen LogP contribution in [0.15, 0.2) is 35.4 Å². The van der Waals surface area contributed by atoms with Crippen LogP contribution >= 0.6 is 0 Å². The van der Waals surface area contributed by atoms with Crippen LogP contribution in [-0.2, 0) is 16.1 Å². The number of nitrogens with one attached hydrogen (secondary N) is 1. The lowest BCUT2D eigenvalue weighted by atomic mass is 9.99. The Bertz CT molecular complexity index is 1020. The fourth-order valence-electron chi connectivity index (χ4n) is 4.99. The number of rotatable bonds is 3. The molecule has 1 aromatic carbocycles. The van der Waals surface area contributed by atoms with Crippen LogP contribution in [0, 0.1) is 17.5 Å². The molecule has 1 aliphatic carbocycles. The Balaban J connectivity index is 1.36. The first kappa shape index (κ1) is 20.0. The van der Waals surface area contributed by atoms with Crippen molar-refractivity contribution in [3.05, 3.63) is 58.4 Å². The molecule has 0 radical (unpaired) electrons. The summed E-state index contributed by atoms with van der Waals surface area (Å²) in [6.07, 6.45) is 6.12. The Morgan fingerprint density at radius 1 is 1.19 bits per heavy atom. The van der Waals surface area contributed by atoms with Crippen LogP contribution in [0.4, 0.5) is 13.2 Å². The molecule has 1 aromatic rings. The van der Waals surface area contributed by atoms with Crippen LogP contribution in [0.5, 0.6) is 0 Å². The number of carbonyl (C=O) groups is 2. The van der Waals surface area contributed by atoms with Gasteiger partial charge in [-0.1, -0.05) is 0 Å². The van der Waals surface area contributed by atoms with E-state index >= 15 is 0 Å². The molecule has 3 aliphatic heterocycles. The van der Waals surface area contributed by atoms with Crippen LogP contribution in [0.1, 0.15) is 44.1 Å². The van der Waals surface area contributed by atoms with E-state index in [1.165, 1.54) is 0 Å². The largest absolute Gasteiger partial charge is 0.510 e. The topological polar surface area (TPSA) is 72.9 Å². The van der Waals surface area contributed by atoms with Gasteiger partial charge in [0, 0.05) is 54.5 Å². The average molecular weight is 433 g/mol. The normalized spacial score (nSPS) is 24.0. The van der Waals surface area contributed by atoms with E-state index in [1.54, 1.807) is 11.1 Å². The summed E-state index contributed by atoms with van der Waals surface area (Å²) in [4.78, 5) is 29.3. The quantitative estimate of drug-likeness (QED) is 0.769. The van der Waals surface area contributed by atoms with Crippen molar-refractivity contribution < 1.29 is 27.9 Å². The van der Waals surface area contributed by atoms with Crippen LogP contribution in [0.3, 0.4) is 0 Å². The van der Waals surface area contributed by atoms with E-state index in [0.717, 1.165) is 32.1 Å². The van der Waals surface area contributed by atoms with Crippen LogP contribution in [0.2, 0.25) is 0 Å². The molecule has 3 heterocycles. The van der Waals surface area contributed by atoms with E-state index < -0.39 is 35.5 Å². The van der Waals surface area contributed by atoms with Crippen molar-refractivity contribution in [1.82, 2.24) is 15.1 Å². The molecule has 0 aromatic heterocycles. The van der Waals surface area contributed by atoms with Crippen LogP contribution in [0.25, 0.3) is 0 Å². The summed E-state index contributed by atoms with van der Waals surface area (Å²) < 4.78 is 40.7. The molecule has 1 saturated carbocycles. The van der Waals surface area contributed by atoms with Gasteiger partial charge in [-0.05, 0) is 32.1 Å². The summed E-state index contributed by atoms with van der Waals surface area (Å²) in [5, 5.41) is 13.1. The second kappa shape index (κ2) is 7.03. The fourth-order valence-corrected chi connectivity index (χ4v) is 4.99. The maximum Gasteiger partial charge on any atom is 0.274 e. The van der Waals surface area contributed by atoms with Gasteiger partial charge in [0.05, 0.1) is 6.04 Å². The zero-order valence-electron chi connectivity index (χ0n) is 16.8. The van der Waals surface area contributed by atoms with Crippen molar-refractivity contribution >= 4 is 11.8 Å². The van der Waals surface area contributed by atoms with Crippen molar-refractivity contribution in [2.24, 2.45) is 0 Å².